The summed E-state index contributed by atoms with van der Waals surface area (Å²) in [5.74, 6) is 0.281. The van der Waals surface area contributed by atoms with Crippen molar-refractivity contribution < 1.29 is 23.4 Å². The van der Waals surface area contributed by atoms with Gasteiger partial charge in [-0.1, -0.05) is 6.07 Å². The van der Waals surface area contributed by atoms with E-state index in [4.69, 9.17) is 10.5 Å². The number of sulfonamides is 1. The molecule has 1 aliphatic heterocycles. The summed E-state index contributed by atoms with van der Waals surface area (Å²) >= 11 is 0. The largest absolute Gasteiger partial charge is 0.492 e. The van der Waals surface area contributed by atoms with Crippen molar-refractivity contribution in [2.24, 2.45) is 0 Å². The van der Waals surface area contributed by atoms with Crippen LogP contribution in [0.3, 0.4) is 0 Å². The molecule has 0 bridgehead atoms. The quantitative estimate of drug-likeness (QED) is 0.602. The highest BCUT2D eigenvalue weighted by Gasteiger charge is 2.36. The van der Waals surface area contributed by atoms with Crippen LogP contribution in [0, 0.1) is 0 Å². The summed E-state index contributed by atoms with van der Waals surface area (Å²) in [6, 6.07) is 6.71. The van der Waals surface area contributed by atoms with Crippen LogP contribution in [0.15, 0.2) is 24.3 Å². The monoisotopic (exact) mass is 302 g/mol. The van der Waals surface area contributed by atoms with Gasteiger partial charge in [0, 0.05) is 24.8 Å². The van der Waals surface area contributed by atoms with Crippen molar-refractivity contribution in [1.29, 1.82) is 0 Å². The SMILES string of the molecule is Nc1cccc(OCCS(=O)(=O)N2CC(O)C(O)C2)c1. The van der Waals surface area contributed by atoms with Crippen LogP contribution in [0.4, 0.5) is 5.69 Å². The fourth-order valence-electron chi connectivity index (χ4n) is 1.96. The first-order valence-electron chi connectivity index (χ1n) is 6.21. The van der Waals surface area contributed by atoms with Crippen LogP contribution < -0.4 is 10.5 Å². The van der Waals surface area contributed by atoms with Gasteiger partial charge in [-0.05, 0) is 12.1 Å². The van der Waals surface area contributed by atoms with E-state index in [-0.39, 0.29) is 25.4 Å². The molecule has 1 saturated heterocycles. The van der Waals surface area contributed by atoms with Crippen molar-refractivity contribution in [3.05, 3.63) is 24.3 Å². The first-order chi connectivity index (χ1) is 9.38. The van der Waals surface area contributed by atoms with Gasteiger partial charge in [-0.15, -0.1) is 0 Å². The molecule has 8 heteroatoms. The lowest BCUT2D eigenvalue weighted by Gasteiger charge is -2.15. The van der Waals surface area contributed by atoms with Crippen LogP contribution in [-0.4, -0.2) is 60.6 Å². The number of anilines is 1. The number of benzene rings is 1. The smallest absolute Gasteiger partial charge is 0.217 e. The van der Waals surface area contributed by atoms with E-state index < -0.39 is 22.2 Å². The van der Waals surface area contributed by atoms with E-state index in [9.17, 15) is 18.6 Å². The molecule has 1 aliphatic rings. The van der Waals surface area contributed by atoms with Gasteiger partial charge >= 0.3 is 0 Å². The fourth-order valence-corrected chi connectivity index (χ4v) is 3.27. The summed E-state index contributed by atoms with van der Waals surface area (Å²) in [5, 5.41) is 18.7. The second-order valence-corrected chi connectivity index (χ2v) is 6.78. The van der Waals surface area contributed by atoms with Crippen molar-refractivity contribution >= 4 is 15.7 Å². The zero-order chi connectivity index (χ0) is 14.8. The molecule has 0 aliphatic carbocycles. The number of nitrogens with zero attached hydrogens (tertiary/aromatic N) is 1. The molecule has 1 heterocycles. The minimum Gasteiger partial charge on any atom is -0.492 e. The van der Waals surface area contributed by atoms with E-state index in [1.165, 1.54) is 0 Å². The van der Waals surface area contributed by atoms with Gasteiger partial charge in [0.2, 0.25) is 10.0 Å². The highest BCUT2D eigenvalue weighted by molar-refractivity contribution is 7.89. The lowest BCUT2D eigenvalue weighted by atomic mass is 10.3. The van der Waals surface area contributed by atoms with Crippen molar-refractivity contribution in [1.82, 2.24) is 4.31 Å². The maximum atomic E-state index is 12.0. The Kier molecular flexibility index (Phi) is 4.48. The maximum absolute atomic E-state index is 12.0. The lowest BCUT2D eigenvalue weighted by molar-refractivity contribution is 0.0572. The average Bonchev–Trinajstić information content (AvgIpc) is 2.70. The minimum atomic E-state index is -3.55. The summed E-state index contributed by atoms with van der Waals surface area (Å²) in [5.41, 5.74) is 6.12. The van der Waals surface area contributed by atoms with Crippen LogP contribution in [0.2, 0.25) is 0 Å². The van der Waals surface area contributed by atoms with Crippen molar-refractivity contribution in [2.45, 2.75) is 12.2 Å². The molecule has 0 saturated carbocycles. The second-order valence-electron chi connectivity index (χ2n) is 4.69. The minimum absolute atomic E-state index is 0.0194. The van der Waals surface area contributed by atoms with E-state index >= 15 is 0 Å². The van der Waals surface area contributed by atoms with Crippen LogP contribution in [-0.2, 0) is 10.0 Å². The number of hydrogen-bond donors (Lipinski definition) is 3. The topological polar surface area (TPSA) is 113 Å². The van der Waals surface area contributed by atoms with Gasteiger partial charge in [-0.3, -0.25) is 0 Å². The lowest BCUT2D eigenvalue weighted by Crippen LogP contribution is -2.33. The highest BCUT2D eigenvalue weighted by atomic mass is 32.2. The van der Waals surface area contributed by atoms with Crippen LogP contribution in [0.1, 0.15) is 0 Å². The van der Waals surface area contributed by atoms with Crippen LogP contribution in [0.25, 0.3) is 0 Å². The number of β-amino-alcohol motifs (C(OH)–C–C–N with tert-alkyl or cyclic N) is 2. The Morgan fingerprint density at radius 2 is 1.95 bits per heavy atom. The van der Waals surface area contributed by atoms with E-state index in [1.807, 2.05) is 0 Å². The molecule has 0 spiro atoms. The Labute approximate surface area is 117 Å². The third kappa shape index (κ3) is 3.60. The van der Waals surface area contributed by atoms with Gasteiger partial charge in [0.05, 0.1) is 18.0 Å². The Morgan fingerprint density at radius 3 is 2.55 bits per heavy atom. The third-order valence-corrected chi connectivity index (χ3v) is 4.85. The molecule has 1 fully saturated rings. The predicted molar refractivity (Wildman–Crippen MR) is 73.7 cm³/mol. The maximum Gasteiger partial charge on any atom is 0.217 e. The molecule has 7 nitrogen and oxygen atoms in total. The van der Waals surface area contributed by atoms with Crippen LogP contribution >= 0.6 is 0 Å². The highest BCUT2D eigenvalue weighted by Crippen LogP contribution is 2.17. The molecule has 0 aromatic heterocycles. The van der Waals surface area contributed by atoms with Gasteiger partial charge in [-0.25, -0.2) is 8.42 Å². The first-order valence-corrected chi connectivity index (χ1v) is 7.82. The summed E-state index contributed by atoms with van der Waals surface area (Å²) in [4.78, 5) is 0. The van der Waals surface area contributed by atoms with Gasteiger partial charge in [0.25, 0.3) is 0 Å². The third-order valence-electron chi connectivity index (χ3n) is 3.09. The van der Waals surface area contributed by atoms with Gasteiger partial charge in [-0.2, -0.15) is 4.31 Å². The number of hydrogen-bond acceptors (Lipinski definition) is 6. The number of aliphatic hydroxyl groups is 2. The Bertz CT molecular complexity index is 553. The van der Waals surface area contributed by atoms with E-state index in [0.717, 1.165) is 4.31 Å². The van der Waals surface area contributed by atoms with Gasteiger partial charge in [0.1, 0.15) is 12.4 Å². The normalized spacial score (nSPS) is 23.9. The first kappa shape index (κ1) is 15.0. The van der Waals surface area contributed by atoms with Gasteiger partial charge < -0.3 is 20.7 Å². The molecule has 0 radical (unpaired) electrons. The predicted octanol–water partition coefficient (Wildman–Crippen LogP) is -0.985. The van der Waals surface area contributed by atoms with E-state index in [2.05, 4.69) is 0 Å². The van der Waals surface area contributed by atoms with E-state index in [1.54, 1.807) is 24.3 Å². The standard InChI is InChI=1S/C12H18N2O5S/c13-9-2-1-3-10(6-9)19-4-5-20(17,18)14-7-11(15)12(16)8-14/h1-3,6,11-12,15-16H,4-5,7-8,13H2. The van der Waals surface area contributed by atoms with Crippen molar-refractivity contribution in [2.75, 3.05) is 31.2 Å². The summed E-state index contributed by atoms with van der Waals surface area (Å²) in [6.07, 6.45) is -2.06. The zero-order valence-electron chi connectivity index (χ0n) is 10.8. The zero-order valence-corrected chi connectivity index (χ0v) is 11.7. The molecule has 112 valence electrons. The Balaban J connectivity index is 1.87. The Morgan fingerprint density at radius 1 is 1.30 bits per heavy atom. The molecule has 1 aromatic rings. The summed E-state index contributed by atoms with van der Waals surface area (Å²) in [6.45, 7) is -0.182. The molecule has 1 aromatic carbocycles. The van der Waals surface area contributed by atoms with Crippen LogP contribution in [0.5, 0.6) is 5.75 Å². The summed E-state index contributed by atoms with van der Waals surface area (Å²) < 4.78 is 30.4. The molecular weight excluding hydrogens is 284 g/mol. The number of rotatable bonds is 5. The van der Waals surface area contributed by atoms with Gasteiger partial charge in [0.15, 0.2) is 0 Å². The Hall–Kier alpha value is -1.35. The fraction of sp³-hybridized carbons (Fsp3) is 0.500. The number of aliphatic hydroxyl groups excluding tert-OH is 2. The molecule has 2 rings (SSSR count). The van der Waals surface area contributed by atoms with Crippen molar-refractivity contribution in [3.8, 4) is 5.75 Å². The number of ether oxygens (including phenoxy) is 1. The molecule has 0 amide bonds. The van der Waals surface area contributed by atoms with E-state index in [0.29, 0.717) is 11.4 Å². The number of nitrogens with two attached hydrogens (primary N) is 1. The average molecular weight is 302 g/mol. The van der Waals surface area contributed by atoms with Crippen molar-refractivity contribution in [3.63, 3.8) is 0 Å². The summed E-state index contributed by atoms with van der Waals surface area (Å²) in [7, 11) is -3.55. The second kappa shape index (κ2) is 5.96. The molecule has 20 heavy (non-hydrogen) atoms. The molecule has 4 N–H and O–H groups in total. The molecule has 2 atom stereocenters. The molecular formula is C12H18N2O5S. The number of nitrogen functional groups attached to an aromatic ring is 1. The molecule has 2 unspecified atom stereocenters.